The summed E-state index contributed by atoms with van der Waals surface area (Å²) in [7, 11) is -0.258. The SMILES string of the molecule is ClCC1COB(c2ccc(Br)cc2)O1. The molecule has 0 spiro atoms. The summed E-state index contributed by atoms with van der Waals surface area (Å²) in [5, 5.41) is 0. The maximum absolute atomic E-state index is 5.67. The molecular weight excluding hydrogens is 266 g/mol. The highest BCUT2D eigenvalue weighted by Crippen LogP contribution is 2.12. The first kappa shape index (κ1) is 10.5. The van der Waals surface area contributed by atoms with Crippen molar-refractivity contribution in [2.24, 2.45) is 0 Å². The van der Waals surface area contributed by atoms with Crippen molar-refractivity contribution in [1.82, 2.24) is 0 Å². The van der Waals surface area contributed by atoms with Crippen LogP contribution in [0.3, 0.4) is 0 Å². The molecule has 0 N–H and O–H groups in total. The lowest BCUT2D eigenvalue weighted by Gasteiger charge is -2.05. The molecule has 2 rings (SSSR count). The van der Waals surface area contributed by atoms with E-state index in [9.17, 15) is 0 Å². The summed E-state index contributed by atoms with van der Waals surface area (Å²) in [6.07, 6.45) is 0.0188. The van der Waals surface area contributed by atoms with Gasteiger partial charge in [-0.15, -0.1) is 11.6 Å². The molecule has 0 amide bonds. The Balaban J connectivity index is 2.06. The first-order valence-corrected chi connectivity index (χ1v) is 5.71. The number of halogens is 2. The predicted molar refractivity (Wildman–Crippen MR) is 61.1 cm³/mol. The maximum Gasteiger partial charge on any atom is 0.494 e. The highest BCUT2D eigenvalue weighted by atomic mass is 79.9. The van der Waals surface area contributed by atoms with Crippen molar-refractivity contribution in [3.63, 3.8) is 0 Å². The van der Waals surface area contributed by atoms with E-state index >= 15 is 0 Å². The van der Waals surface area contributed by atoms with Crippen molar-refractivity contribution in [2.75, 3.05) is 12.5 Å². The van der Waals surface area contributed by atoms with Crippen LogP contribution >= 0.6 is 27.5 Å². The fraction of sp³-hybridized carbons (Fsp3) is 0.333. The van der Waals surface area contributed by atoms with Crippen molar-refractivity contribution < 1.29 is 9.31 Å². The lowest BCUT2D eigenvalue weighted by atomic mass is 9.79. The minimum Gasteiger partial charge on any atom is -0.405 e. The van der Waals surface area contributed by atoms with Crippen LogP contribution in [0.5, 0.6) is 0 Å². The smallest absolute Gasteiger partial charge is 0.405 e. The molecule has 5 heteroatoms. The van der Waals surface area contributed by atoms with E-state index in [4.69, 9.17) is 20.9 Å². The third kappa shape index (κ3) is 2.31. The van der Waals surface area contributed by atoms with Crippen molar-refractivity contribution in [1.29, 1.82) is 0 Å². The van der Waals surface area contributed by atoms with Gasteiger partial charge in [0.25, 0.3) is 0 Å². The molecule has 0 aliphatic carbocycles. The molecule has 1 saturated heterocycles. The molecule has 1 fully saturated rings. The first-order valence-electron chi connectivity index (χ1n) is 4.38. The monoisotopic (exact) mass is 274 g/mol. The maximum atomic E-state index is 5.67. The van der Waals surface area contributed by atoms with Crippen LogP contribution in [0, 0.1) is 0 Å². The normalized spacial score (nSPS) is 21.6. The van der Waals surface area contributed by atoms with Crippen LogP contribution in [0.2, 0.25) is 0 Å². The second kappa shape index (κ2) is 4.66. The Hall–Kier alpha value is -0.0251. The Morgan fingerprint density at radius 3 is 2.71 bits per heavy atom. The second-order valence-corrected chi connectivity index (χ2v) is 4.35. The van der Waals surface area contributed by atoms with E-state index in [1.807, 2.05) is 24.3 Å². The van der Waals surface area contributed by atoms with Gasteiger partial charge in [0.15, 0.2) is 0 Å². The van der Waals surface area contributed by atoms with Crippen molar-refractivity contribution in [2.45, 2.75) is 6.10 Å². The molecule has 1 aliphatic rings. The molecule has 14 heavy (non-hydrogen) atoms. The molecular formula is C9H9BBrClO2. The van der Waals surface area contributed by atoms with E-state index in [0.717, 1.165) is 9.94 Å². The summed E-state index contributed by atoms with van der Waals surface area (Å²) in [5.41, 5.74) is 1.03. The number of hydrogen-bond acceptors (Lipinski definition) is 2. The van der Waals surface area contributed by atoms with E-state index in [-0.39, 0.29) is 13.2 Å². The minimum absolute atomic E-state index is 0.0188. The molecule has 0 radical (unpaired) electrons. The van der Waals surface area contributed by atoms with Crippen LogP contribution in [0.25, 0.3) is 0 Å². The minimum atomic E-state index is -0.258. The summed E-state index contributed by atoms with van der Waals surface area (Å²) in [6, 6.07) is 7.89. The highest BCUT2D eigenvalue weighted by Gasteiger charge is 2.32. The van der Waals surface area contributed by atoms with Gasteiger partial charge >= 0.3 is 7.12 Å². The molecule has 1 atom stereocenters. The van der Waals surface area contributed by atoms with E-state index in [2.05, 4.69) is 15.9 Å². The van der Waals surface area contributed by atoms with Gasteiger partial charge in [0.1, 0.15) is 0 Å². The molecule has 1 unspecified atom stereocenters. The van der Waals surface area contributed by atoms with Crippen molar-refractivity contribution in [3.8, 4) is 0 Å². The molecule has 0 aromatic heterocycles. The summed E-state index contributed by atoms with van der Waals surface area (Å²) in [4.78, 5) is 0. The molecule has 1 aromatic carbocycles. The van der Waals surface area contributed by atoms with Crippen LogP contribution in [-0.4, -0.2) is 25.7 Å². The largest absolute Gasteiger partial charge is 0.494 e. The van der Waals surface area contributed by atoms with Gasteiger partial charge in [0.05, 0.1) is 12.7 Å². The number of alkyl halides is 1. The zero-order valence-corrected chi connectivity index (χ0v) is 9.79. The van der Waals surface area contributed by atoms with Gasteiger partial charge in [0.2, 0.25) is 0 Å². The van der Waals surface area contributed by atoms with Gasteiger partial charge in [-0.2, -0.15) is 0 Å². The molecule has 0 bridgehead atoms. The Bertz CT molecular complexity index is 306. The quantitative estimate of drug-likeness (QED) is 0.605. The Labute approximate surface area is 96.8 Å². The average Bonchev–Trinajstić information content (AvgIpc) is 2.67. The van der Waals surface area contributed by atoms with E-state index in [1.165, 1.54) is 0 Å². The molecule has 0 saturated carbocycles. The van der Waals surface area contributed by atoms with E-state index < -0.39 is 0 Å². The first-order chi connectivity index (χ1) is 6.79. The zero-order valence-electron chi connectivity index (χ0n) is 7.45. The topological polar surface area (TPSA) is 18.5 Å². The average molecular weight is 275 g/mol. The molecule has 74 valence electrons. The van der Waals surface area contributed by atoms with Crippen molar-refractivity contribution in [3.05, 3.63) is 28.7 Å². The van der Waals surface area contributed by atoms with Crippen LogP contribution in [0.1, 0.15) is 0 Å². The predicted octanol–water partition coefficient (Wildman–Crippen LogP) is 1.80. The number of rotatable bonds is 2. The number of benzene rings is 1. The molecule has 1 heterocycles. The van der Waals surface area contributed by atoms with Gasteiger partial charge in [-0.3, -0.25) is 0 Å². The van der Waals surface area contributed by atoms with Crippen LogP contribution in [-0.2, 0) is 9.31 Å². The number of hydrogen-bond donors (Lipinski definition) is 0. The lowest BCUT2D eigenvalue weighted by molar-refractivity contribution is 0.261. The standard InChI is InChI=1S/C9H9BBrClO2/c11-8-3-1-7(2-4-8)10-13-6-9(5-12)14-10/h1-4,9H,5-6H2. The second-order valence-electron chi connectivity index (χ2n) is 3.13. The fourth-order valence-corrected chi connectivity index (χ4v) is 1.75. The van der Waals surface area contributed by atoms with Crippen LogP contribution in [0.4, 0.5) is 0 Å². The molecule has 1 aromatic rings. The van der Waals surface area contributed by atoms with Gasteiger partial charge in [-0.1, -0.05) is 28.1 Å². The van der Waals surface area contributed by atoms with Gasteiger partial charge in [-0.05, 0) is 17.6 Å². The highest BCUT2D eigenvalue weighted by molar-refractivity contribution is 9.10. The summed E-state index contributed by atoms with van der Waals surface area (Å²) < 4.78 is 12.1. The van der Waals surface area contributed by atoms with Crippen LogP contribution < -0.4 is 5.46 Å². The summed E-state index contributed by atoms with van der Waals surface area (Å²) in [5.74, 6) is 0.479. The van der Waals surface area contributed by atoms with Gasteiger partial charge < -0.3 is 9.31 Å². The fourth-order valence-electron chi connectivity index (χ4n) is 1.32. The molecule has 1 aliphatic heterocycles. The van der Waals surface area contributed by atoms with E-state index in [1.54, 1.807) is 0 Å². The Morgan fingerprint density at radius 2 is 2.14 bits per heavy atom. The Morgan fingerprint density at radius 1 is 1.43 bits per heavy atom. The zero-order chi connectivity index (χ0) is 9.97. The van der Waals surface area contributed by atoms with Gasteiger partial charge in [-0.25, -0.2) is 0 Å². The lowest BCUT2D eigenvalue weighted by Crippen LogP contribution is -2.32. The van der Waals surface area contributed by atoms with Gasteiger partial charge in [0, 0.05) is 10.4 Å². The molecule has 2 nitrogen and oxygen atoms in total. The summed E-state index contributed by atoms with van der Waals surface area (Å²) in [6.45, 7) is 0.574. The van der Waals surface area contributed by atoms with Crippen molar-refractivity contribution >= 4 is 40.1 Å². The van der Waals surface area contributed by atoms with E-state index in [0.29, 0.717) is 12.5 Å². The third-order valence-electron chi connectivity index (χ3n) is 2.06. The Kier molecular flexibility index (Phi) is 3.49. The third-order valence-corrected chi connectivity index (χ3v) is 2.94. The van der Waals surface area contributed by atoms with Crippen LogP contribution in [0.15, 0.2) is 28.7 Å². The summed E-state index contributed by atoms with van der Waals surface area (Å²) >= 11 is 9.05.